The van der Waals surface area contributed by atoms with Gasteiger partial charge in [-0.1, -0.05) is 13.0 Å². The van der Waals surface area contributed by atoms with Crippen molar-refractivity contribution in [3.05, 3.63) is 29.1 Å². The van der Waals surface area contributed by atoms with Gasteiger partial charge in [0.15, 0.2) is 11.6 Å². The van der Waals surface area contributed by atoms with Gasteiger partial charge >= 0.3 is 5.97 Å². The van der Waals surface area contributed by atoms with E-state index in [1.54, 1.807) is 6.07 Å². The molecule has 88 valence electrons. The number of aromatic hydroxyl groups is 1. The van der Waals surface area contributed by atoms with Crippen LogP contribution in [0, 0.1) is 5.82 Å². The van der Waals surface area contributed by atoms with Crippen molar-refractivity contribution in [3.8, 4) is 5.75 Å². The maximum absolute atomic E-state index is 13.2. The average molecular weight is 227 g/mol. The first kappa shape index (κ1) is 12.4. The molecule has 0 spiro atoms. The van der Waals surface area contributed by atoms with Crippen molar-refractivity contribution in [3.63, 3.8) is 0 Å². The van der Waals surface area contributed by atoms with Gasteiger partial charge < -0.3 is 15.9 Å². The van der Waals surface area contributed by atoms with Crippen LogP contribution >= 0.6 is 0 Å². The van der Waals surface area contributed by atoms with Crippen LogP contribution in [0.3, 0.4) is 0 Å². The number of carboxylic acids is 1. The maximum atomic E-state index is 13.2. The zero-order valence-electron chi connectivity index (χ0n) is 8.90. The minimum Gasteiger partial charge on any atom is -0.505 e. The number of halogens is 1. The Morgan fingerprint density at radius 1 is 1.56 bits per heavy atom. The highest BCUT2D eigenvalue weighted by molar-refractivity contribution is 5.73. The molecule has 5 heteroatoms. The second-order valence-electron chi connectivity index (χ2n) is 3.59. The van der Waals surface area contributed by atoms with E-state index >= 15 is 0 Å². The Morgan fingerprint density at radius 2 is 2.19 bits per heavy atom. The predicted molar refractivity (Wildman–Crippen MR) is 56.8 cm³/mol. The third kappa shape index (κ3) is 2.70. The van der Waals surface area contributed by atoms with E-state index in [0.29, 0.717) is 12.0 Å². The monoisotopic (exact) mass is 227 g/mol. The largest absolute Gasteiger partial charge is 0.505 e. The van der Waals surface area contributed by atoms with Crippen molar-refractivity contribution < 1.29 is 19.4 Å². The molecule has 0 bridgehead atoms. The third-order valence-electron chi connectivity index (χ3n) is 2.37. The highest BCUT2D eigenvalue weighted by atomic mass is 19.1. The molecule has 16 heavy (non-hydrogen) atoms. The first-order valence-electron chi connectivity index (χ1n) is 4.94. The second-order valence-corrected chi connectivity index (χ2v) is 3.59. The first-order valence-corrected chi connectivity index (χ1v) is 4.94. The molecule has 1 unspecified atom stereocenters. The van der Waals surface area contributed by atoms with Gasteiger partial charge in [-0.25, -0.2) is 4.39 Å². The smallest absolute Gasteiger partial charge is 0.320 e. The van der Waals surface area contributed by atoms with Crippen LogP contribution in [-0.2, 0) is 17.6 Å². The van der Waals surface area contributed by atoms with Crippen LogP contribution in [-0.4, -0.2) is 22.2 Å². The minimum atomic E-state index is -1.18. The number of rotatable bonds is 4. The Morgan fingerprint density at radius 3 is 2.69 bits per heavy atom. The molecule has 0 aliphatic rings. The molecular formula is C11H14FNO3. The van der Waals surface area contributed by atoms with Crippen molar-refractivity contribution in [2.24, 2.45) is 5.73 Å². The van der Waals surface area contributed by atoms with Gasteiger partial charge in [0.25, 0.3) is 0 Å². The van der Waals surface area contributed by atoms with Crippen LogP contribution in [0.25, 0.3) is 0 Å². The third-order valence-corrected chi connectivity index (χ3v) is 2.37. The molecule has 0 aliphatic carbocycles. The summed E-state index contributed by atoms with van der Waals surface area (Å²) in [5.74, 6) is -2.44. The molecule has 1 rings (SSSR count). The summed E-state index contributed by atoms with van der Waals surface area (Å²) in [4.78, 5) is 10.6. The first-order chi connectivity index (χ1) is 7.45. The van der Waals surface area contributed by atoms with E-state index in [-0.39, 0.29) is 12.0 Å². The molecule has 0 heterocycles. The van der Waals surface area contributed by atoms with Gasteiger partial charge in [-0.05, 0) is 23.6 Å². The van der Waals surface area contributed by atoms with Crippen molar-refractivity contribution in [1.29, 1.82) is 0 Å². The van der Waals surface area contributed by atoms with Crippen molar-refractivity contribution in [2.75, 3.05) is 0 Å². The topological polar surface area (TPSA) is 83.5 Å². The van der Waals surface area contributed by atoms with E-state index in [1.165, 1.54) is 6.07 Å². The Kier molecular flexibility index (Phi) is 3.84. The highest BCUT2D eigenvalue weighted by Crippen LogP contribution is 2.24. The Hall–Kier alpha value is -1.62. The SMILES string of the molecule is CCc1cc(F)c(O)c(CC(N)C(=O)O)c1. The lowest BCUT2D eigenvalue weighted by Gasteiger charge is -2.10. The van der Waals surface area contributed by atoms with Gasteiger partial charge in [0, 0.05) is 6.42 Å². The Labute approximate surface area is 92.5 Å². The Balaban J connectivity index is 3.03. The number of aliphatic carboxylic acids is 1. The lowest BCUT2D eigenvalue weighted by molar-refractivity contribution is -0.138. The van der Waals surface area contributed by atoms with Crippen LogP contribution < -0.4 is 5.73 Å². The summed E-state index contributed by atoms with van der Waals surface area (Å²) in [5.41, 5.74) is 6.25. The molecule has 0 saturated heterocycles. The Bertz CT molecular complexity index is 406. The lowest BCUT2D eigenvalue weighted by Crippen LogP contribution is -2.32. The molecule has 0 fully saturated rings. The number of benzene rings is 1. The van der Waals surface area contributed by atoms with E-state index in [9.17, 15) is 14.3 Å². The number of phenolic OH excluding ortho intramolecular Hbond substituents is 1. The highest BCUT2D eigenvalue weighted by Gasteiger charge is 2.17. The quantitative estimate of drug-likeness (QED) is 0.717. The number of hydrogen-bond acceptors (Lipinski definition) is 3. The van der Waals surface area contributed by atoms with E-state index in [0.717, 1.165) is 0 Å². The van der Waals surface area contributed by atoms with Gasteiger partial charge in [-0.2, -0.15) is 0 Å². The van der Waals surface area contributed by atoms with E-state index in [1.807, 2.05) is 6.92 Å². The summed E-state index contributed by atoms with van der Waals surface area (Å²) in [7, 11) is 0. The van der Waals surface area contributed by atoms with Crippen LogP contribution in [0.1, 0.15) is 18.1 Å². The number of hydrogen-bond donors (Lipinski definition) is 3. The van der Waals surface area contributed by atoms with Gasteiger partial charge in [-0.15, -0.1) is 0 Å². The zero-order valence-corrected chi connectivity index (χ0v) is 8.90. The molecule has 1 aromatic carbocycles. The van der Waals surface area contributed by atoms with Gasteiger partial charge in [-0.3, -0.25) is 4.79 Å². The molecule has 0 aliphatic heterocycles. The van der Waals surface area contributed by atoms with E-state index in [4.69, 9.17) is 10.8 Å². The van der Waals surface area contributed by atoms with Crippen molar-refractivity contribution >= 4 is 5.97 Å². The fourth-order valence-corrected chi connectivity index (χ4v) is 1.40. The number of nitrogens with two attached hydrogens (primary N) is 1. The van der Waals surface area contributed by atoms with Gasteiger partial charge in [0.05, 0.1) is 0 Å². The van der Waals surface area contributed by atoms with Crippen LogP contribution in [0.2, 0.25) is 0 Å². The molecule has 4 N–H and O–H groups in total. The molecule has 0 aromatic heterocycles. The summed E-state index contributed by atoms with van der Waals surface area (Å²) < 4.78 is 13.2. The summed E-state index contributed by atoms with van der Waals surface area (Å²) in [6, 6.07) is 1.66. The van der Waals surface area contributed by atoms with Crippen molar-refractivity contribution in [1.82, 2.24) is 0 Å². The van der Waals surface area contributed by atoms with Gasteiger partial charge in [0.2, 0.25) is 0 Å². The van der Waals surface area contributed by atoms with E-state index < -0.39 is 23.6 Å². The molecule has 0 radical (unpaired) electrons. The van der Waals surface area contributed by atoms with E-state index in [2.05, 4.69) is 0 Å². The summed E-state index contributed by atoms with van der Waals surface area (Å²) in [5, 5.41) is 18.1. The summed E-state index contributed by atoms with van der Waals surface area (Å²) >= 11 is 0. The second kappa shape index (κ2) is 4.94. The van der Waals surface area contributed by atoms with Crippen LogP contribution in [0.5, 0.6) is 5.75 Å². The number of phenols is 1. The fourth-order valence-electron chi connectivity index (χ4n) is 1.40. The predicted octanol–water partition coefficient (Wildman–Crippen LogP) is 1.05. The summed E-state index contributed by atoms with van der Waals surface area (Å²) in [6.07, 6.45) is 0.512. The van der Waals surface area contributed by atoms with Gasteiger partial charge in [0.1, 0.15) is 6.04 Å². The number of carboxylic acid groups (broad SMARTS) is 1. The number of aryl methyl sites for hydroxylation is 1. The molecule has 1 aromatic rings. The molecule has 0 amide bonds. The molecule has 4 nitrogen and oxygen atoms in total. The lowest BCUT2D eigenvalue weighted by atomic mass is 10.0. The van der Waals surface area contributed by atoms with Crippen molar-refractivity contribution in [2.45, 2.75) is 25.8 Å². The number of carbonyl (C=O) groups is 1. The normalized spacial score (nSPS) is 12.4. The van der Waals surface area contributed by atoms with Crippen LogP contribution in [0.15, 0.2) is 12.1 Å². The maximum Gasteiger partial charge on any atom is 0.320 e. The molecule has 0 saturated carbocycles. The molecule has 1 atom stereocenters. The fraction of sp³-hybridized carbons (Fsp3) is 0.364. The standard InChI is InChI=1S/C11H14FNO3/c1-2-6-3-7(5-9(13)11(15)16)10(14)8(12)4-6/h3-4,9,14H,2,5,13H2,1H3,(H,15,16). The zero-order chi connectivity index (χ0) is 12.3. The average Bonchev–Trinajstić information content (AvgIpc) is 2.24. The molecular weight excluding hydrogens is 213 g/mol. The minimum absolute atomic E-state index is 0.0913. The summed E-state index contributed by atoms with van der Waals surface area (Å²) in [6.45, 7) is 1.84. The van der Waals surface area contributed by atoms with Crippen LogP contribution in [0.4, 0.5) is 4.39 Å².